The van der Waals surface area contributed by atoms with E-state index in [-0.39, 0.29) is 11.5 Å². The Morgan fingerprint density at radius 3 is 3.21 bits per heavy atom. The maximum atomic E-state index is 13.5. The second kappa shape index (κ2) is 6.61. The number of hydrogen-bond donors (Lipinski definition) is 0. The zero-order chi connectivity index (χ0) is 13.7. The second-order valence-corrected chi connectivity index (χ2v) is 4.84. The highest BCUT2D eigenvalue weighted by Crippen LogP contribution is 2.19. The molecule has 1 atom stereocenters. The first-order valence-electron chi connectivity index (χ1n) is 6.69. The van der Waals surface area contributed by atoms with Gasteiger partial charge >= 0.3 is 0 Å². The monoisotopic (exact) mass is 266 g/mol. The first kappa shape index (κ1) is 13.9. The van der Waals surface area contributed by atoms with Crippen molar-refractivity contribution >= 4 is 5.91 Å². The molecule has 0 N–H and O–H groups in total. The molecule has 1 aromatic rings. The quantitative estimate of drug-likeness (QED) is 0.767. The van der Waals surface area contributed by atoms with Crippen LogP contribution in [0.5, 0.6) is 0 Å². The lowest BCUT2D eigenvalue weighted by Gasteiger charge is -2.16. The summed E-state index contributed by atoms with van der Waals surface area (Å²) in [6, 6.07) is 1.43. The lowest BCUT2D eigenvalue weighted by molar-refractivity contribution is 0.0750. The van der Waals surface area contributed by atoms with Crippen molar-refractivity contribution in [3.63, 3.8) is 0 Å². The molecule has 0 radical (unpaired) electrons. The number of hydrogen-bond acceptors (Lipinski definition) is 3. The molecule has 2 rings (SSSR count). The van der Waals surface area contributed by atoms with Crippen LogP contribution in [0.3, 0.4) is 0 Å². The van der Waals surface area contributed by atoms with Gasteiger partial charge in [0.05, 0.1) is 18.4 Å². The van der Waals surface area contributed by atoms with Crippen molar-refractivity contribution in [3.05, 3.63) is 29.8 Å². The Morgan fingerprint density at radius 2 is 2.47 bits per heavy atom. The number of aromatic nitrogens is 1. The molecule has 0 unspecified atom stereocenters. The van der Waals surface area contributed by atoms with Crippen molar-refractivity contribution in [2.75, 3.05) is 26.3 Å². The Bertz CT molecular complexity index is 439. The first-order chi connectivity index (χ1) is 9.22. The van der Waals surface area contributed by atoms with Crippen molar-refractivity contribution in [3.8, 4) is 0 Å². The zero-order valence-electron chi connectivity index (χ0n) is 11.1. The molecule has 0 aromatic carbocycles. The average Bonchev–Trinajstić information content (AvgIpc) is 2.88. The third-order valence-electron chi connectivity index (χ3n) is 3.28. The van der Waals surface area contributed by atoms with Gasteiger partial charge in [-0.2, -0.15) is 0 Å². The number of carbonyl (C=O) groups is 1. The number of ether oxygens (including phenoxy) is 1. The van der Waals surface area contributed by atoms with Crippen molar-refractivity contribution < 1.29 is 13.9 Å². The van der Waals surface area contributed by atoms with E-state index < -0.39 is 5.82 Å². The smallest absolute Gasteiger partial charge is 0.256 e. The fraction of sp³-hybridized carbons (Fsp3) is 0.571. The lowest BCUT2D eigenvalue weighted by Crippen LogP contribution is -2.30. The van der Waals surface area contributed by atoms with E-state index in [1.165, 1.54) is 12.3 Å². The predicted molar refractivity (Wildman–Crippen MR) is 69.3 cm³/mol. The topological polar surface area (TPSA) is 42.4 Å². The highest BCUT2D eigenvalue weighted by atomic mass is 19.1. The Balaban J connectivity index is 1.90. The highest BCUT2D eigenvalue weighted by molar-refractivity contribution is 5.94. The molecule has 0 aliphatic carbocycles. The molecule has 4 nitrogen and oxygen atoms in total. The largest absolute Gasteiger partial charge is 0.381 e. The van der Waals surface area contributed by atoms with E-state index in [1.807, 2.05) is 0 Å². The normalized spacial score (nSPS) is 18.8. The first-order valence-corrected chi connectivity index (χ1v) is 6.69. The van der Waals surface area contributed by atoms with Crippen LogP contribution in [0, 0.1) is 11.7 Å². The maximum absolute atomic E-state index is 13.5. The minimum Gasteiger partial charge on any atom is -0.381 e. The van der Waals surface area contributed by atoms with Crippen LogP contribution in [0.4, 0.5) is 4.39 Å². The number of amides is 1. The molecular formula is C14H19FN2O2. The lowest BCUT2D eigenvalue weighted by atomic mass is 10.1. The summed E-state index contributed by atoms with van der Waals surface area (Å²) in [5, 5.41) is 0. The fourth-order valence-corrected chi connectivity index (χ4v) is 2.27. The van der Waals surface area contributed by atoms with Crippen molar-refractivity contribution in [2.45, 2.75) is 19.8 Å². The second-order valence-electron chi connectivity index (χ2n) is 4.84. The van der Waals surface area contributed by atoms with E-state index in [4.69, 9.17) is 4.74 Å². The minimum absolute atomic E-state index is 0.102. The summed E-state index contributed by atoms with van der Waals surface area (Å²) in [7, 11) is 0. The van der Waals surface area contributed by atoms with Gasteiger partial charge in [0.25, 0.3) is 5.91 Å². The summed E-state index contributed by atoms with van der Waals surface area (Å²) in [5.41, 5.74) is 0.102. The molecule has 1 aliphatic rings. The van der Waals surface area contributed by atoms with Gasteiger partial charge < -0.3 is 9.64 Å². The Morgan fingerprint density at radius 1 is 1.63 bits per heavy atom. The summed E-state index contributed by atoms with van der Waals surface area (Å²) in [6.07, 6.45) is 4.43. The van der Waals surface area contributed by atoms with Crippen LogP contribution in [-0.4, -0.2) is 42.1 Å². The van der Waals surface area contributed by atoms with Crippen LogP contribution in [0.1, 0.15) is 30.1 Å². The number of likely N-dealkylation sites (tertiary alicyclic amines) is 1. The summed E-state index contributed by atoms with van der Waals surface area (Å²) < 4.78 is 19.0. The number of halogens is 1. The third kappa shape index (κ3) is 3.50. The van der Waals surface area contributed by atoms with Crippen LogP contribution < -0.4 is 0 Å². The van der Waals surface area contributed by atoms with E-state index >= 15 is 0 Å². The van der Waals surface area contributed by atoms with Gasteiger partial charge in [-0.15, -0.1) is 0 Å². The van der Waals surface area contributed by atoms with Crippen LogP contribution in [-0.2, 0) is 4.74 Å². The SMILES string of the molecule is CCCOC[C@@H]1CCN(C(=O)c2ccncc2F)C1. The molecule has 1 amide bonds. The number of rotatable bonds is 5. The maximum Gasteiger partial charge on any atom is 0.256 e. The van der Waals surface area contributed by atoms with Gasteiger partial charge in [-0.25, -0.2) is 4.39 Å². The average molecular weight is 266 g/mol. The van der Waals surface area contributed by atoms with Crippen LogP contribution in [0.15, 0.2) is 18.5 Å². The Kier molecular flexibility index (Phi) is 4.85. The molecule has 104 valence electrons. The molecule has 0 bridgehead atoms. The number of pyridine rings is 1. The molecule has 19 heavy (non-hydrogen) atoms. The molecule has 1 aromatic heterocycles. The Labute approximate surface area is 112 Å². The summed E-state index contributed by atoms with van der Waals surface area (Å²) in [4.78, 5) is 17.5. The summed E-state index contributed by atoms with van der Waals surface area (Å²) in [5.74, 6) is -0.448. The molecule has 1 saturated heterocycles. The van der Waals surface area contributed by atoms with Gasteiger partial charge in [-0.1, -0.05) is 6.92 Å². The van der Waals surface area contributed by atoms with Crippen LogP contribution in [0.25, 0.3) is 0 Å². The highest BCUT2D eigenvalue weighted by Gasteiger charge is 2.28. The van der Waals surface area contributed by atoms with Gasteiger partial charge in [-0.3, -0.25) is 9.78 Å². The summed E-state index contributed by atoms with van der Waals surface area (Å²) in [6.45, 7) is 4.81. The third-order valence-corrected chi connectivity index (χ3v) is 3.28. The Hall–Kier alpha value is -1.49. The fourth-order valence-electron chi connectivity index (χ4n) is 2.27. The molecular weight excluding hydrogens is 247 g/mol. The molecule has 5 heteroatoms. The van der Waals surface area contributed by atoms with E-state index in [9.17, 15) is 9.18 Å². The number of carbonyl (C=O) groups excluding carboxylic acids is 1. The van der Waals surface area contributed by atoms with Crippen molar-refractivity contribution in [1.29, 1.82) is 0 Å². The van der Waals surface area contributed by atoms with Gasteiger partial charge in [0, 0.05) is 31.8 Å². The molecule has 1 fully saturated rings. The predicted octanol–water partition coefficient (Wildman–Crippen LogP) is 2.11. The van der Waals surface area contributed by atoms with Crippen LogP contribution >= 0.6 is 0 Å². The van der Waals surface area contributed by atoms with Gasteiger partial charge in [0.1, 0.15) is 0 Å². The molecule has 2 heterocycles. The van der Waals surface area contributed by atoms with E-state index in [1.54, 1.807) is 4.90 Å². The van der Waals surface area contributed by atoms with Crippen LogP contribution in [0.2, 0.25) is 0 Å². The molecule has 0 saturated carbocycles. The van der Waals surface area contributed by atoms with Gasteiger partial charge in [0.2, 0.25) is 0 Å². The summed E-state index contributed by atoms with van der Waals surface area (Å²) >= 11 is 0. The van der Waals surface area contributed by atoms with Gasteiger partial charge in [-0.05, 0) is 18.9 Å². The number of nitrogens with zero attached hydrogens (tertiary/aromatic N) is 2. The zero-order valence-corrected chi connectivity index (χ0v) is 11.1. The van der Waals surface area contributed by atoms with Crippen molar-refractivity contribution in [2.24, 2.45) is 5.92 Å². The minimum atomic E-state index is -0.557. The van der Waals surface area contributed by atoms with E-state index in [2.05, 4.69) is 11.9 Å². The molecule has 1 aliphatic heterocycles. The van der Waals surface area contributed by atoms with Gasteiger partial charge in [0.15, 0.2) is 5.82 Å². The van der Waals surface area contributed by atoms with Crippen molar-refractivity contribution in [1.82, 2.24) is 9.88 Å². The van der Waals surface area contributed by atoms with E-state index in [0.717, 1.165) is 25.6 Å². The standard InChI is InChI=1S/C14H19FN2O2/c1-2-7-19-10-11-4-6-17(9-11)14(18)12-3-5-16-8-13(12)15/h3,5,8,11H,2,4,6-7,9-10H2,1H3/t11-/m1/s1. The molecule has 0 spiro atoms. The van der Waals surface area contributed by atoms with E-state index in [0.29, 0.717) is 25.6 Å².